The van der Waals surface area contributed by atoms with Crippen molar-refractivity contribution in [1.29, 1.82) is 0 Å². The molecule has 150 valence electrons. The minimum absolute atomic E-state index is 0.138. The van der Waals surface area contributed by atoms with Gasteiger partial charge in [0.1, 0.15) is 0 Å². The number of carbonyl (C=O) groups is 3. The van der Waals surface area contributed by atoms with E-state index in [0.29, 0.717) is 16.8 Å². The van der Waals surface area contributed by atoms with Crippen LogP contribution in [0.5, 0.6) is 0 Å². The second kappa shape index (κ2) is 7.83. The minimum Gasteiger partial charge on any atom is -0.378 e. The van der Waals surface area contributed by atoms with E-state index in [1.165, 1.54) is 4.90 Å². The number of nitrogens with one attached hydrogen (secondary N) is 1. The number of rotatable bonds is 5. The second-order valence-corrected chi connectivity index (χ2v) is 7.32. The molecule has 0 aromatic heterocycles. The summed E-state index contributed by atoms with van der Waals surface area (Å²) in [6.45, 7) is 0. The van der Waals surface area contributed by atoms with Gasteiger partial charge in [-0.25, -0.2) is 4.90 Å². The van der Waals surface area contributed by atoms with Crippen LogP contribution < -0.4 is 15.1 Å². The average Bonchev–Trinajstić information content (AvgIpc) is 3.00. The molecule has 30 heavy (non-hydrogen) atoms. The van der Waals surface area contributed by atoms with Crippen LogP contribution >= 0.6 is 0 Å². The molecule has 0 unspecified atom stereocenters. The minimum atomic E-state index is -0.331. The van der Waals surface area contributed by atoms with E-state index in [-0.39, 0.29) is 24.1 Å². The van der Waals surface area contributed by atoms with Gasteiger partial charge in [-0.05, 0) is 54.1 Å². The molecule has 6 heteroatoms. The Balaban J connectivity index is 1.42. The molecule has 0 saturated heterocycles. The maximum Gasteiger partial charge on any atom is 0.266 e. The molecular formula is C24H21N3O3. The molecule has 0 bridgehead atoms. The first-order valence-electron chi connectivity index (χ1n) is 9.58. The number of amides is 3. The molecule has 1 N–H and O–H groups in total. The molecule has 6 nitrogen and oxygen atoms in total. The lowest BCUT2D eigenvalue weighted by molar-refractivity contribution is -0.115. The molecule has 0 spiro atoms. The van der Waals surface area contributed by atoms with E-state index < -0.39 is 0 Å². The van der Waals surface area contributed by atoms with Gasteiger partial charge in [-0.3, -0.25) is 14.4 Å². The zero-order valence-corrected chi connectivity index (χ0v) is 16.8. The van der Waals surface area contributed by atoms with Crippen molar-refractivity contribution in [2.75, 3.05) is 29.2 Å². The van der Waals surface area contributed by atoms with E-state index >= 15 is 0 Å². The van der Waals surface area contributed by atoms with E-state index in [9.17, 15) is 14.4 Å². The second-order valence-electron chi connectivity index (χ2n) is 7.32. The summed E-state index contributed by atoms with van der Waals surface area (Å²) in [6.07, 6.45) is 0.192. The van der Waals surface area contributed by atoms with Crippen LogP contribution in [0.3, 0.4) is 0 Å². The van der Waals surface area contributed by atoms with Crippen molar-refractivity contribution in [2.45, 2.75) is 6.42 Å². The molecule has 3 aromatic rings. The predicted octanol–water partition coefficient (Wildman–Crippen LogP) is 3.73. The Morgan fingerprint density at radius 1 is 0.833 bits per heavy atom. The molecule has 3 amide bonds. The molecule has 0 fully saturated rings. The molecule has 0 atom stereocenters. The summed E-state index contributed by atoms with van der Waals surface area (Å²) < 4.78 is 0. The lowest BCUT2D eigenvalue weighted by atomic mass is 10.1. The van der Waals surface area contributed by atoms with Crippen LogP contribution in [0.1, 0.15) is 26.3 Å². The van der Waals surface area contributed by atoms with Crippen molar-refractivity contribution in [3.63, 3.8) is 0 Å². The predicted molar refractivity (Wildman–Crippen MR) is 117 cm³/mol. The Labute approximate surface area is 174 Å². The fourth-order valence-electron chi connectivity index (χ4n) is 3.42. The monoisotopic (exact) mass is 399 g/mol. The van der Waals surface area contributed by atoms with Gasteiger partial charge in [0.2, 0.25) is 5.91 Å². The van der Waals surface area contributed by atoms with E-state index in [1.807, 2.05) is 43.3 Å². The number of benzene rings is 3. The molecule has 1 aliphatic rings. The van der Waals surface area contributed by atoms with Gasteiger partial charge in [-0.1, -0.05) is 24.3 Å². The van der Waals surface area contributed by atoms with Gasteiger partial charge in [0, 0.05) is 25.5 Å². The summed E-state index contributed by atoms with van der Waals surface area (Å²) in [7, 11) is 3.92. The quantitative estimate of drug-likeness (QED) is 0.664. The smallest absolute Gasteiger partial charge is 0.266 e. The topological polar surface area (TPSA) is 69.7 Å². The van der Waals surface area contributed by atoms with Gasteiger partial charge in [0.05, 0.1) is 23.2 Å². The summed E-state index contributed by atoms with van der Waals surface area (Å²) in [5.41, 5.74) is 3.88. The lowest BCUT2D eigenvalue weighted by Crippen LogP contribution is -2.29. The van der Waals surface area contributed by atoms with Crippen molar-refractivity contribution >= 4 is 34.8 Å². The maximum absolute atomic E-state index is 12.6. The highest BCUT2D eigenvalue weighted by molar-refractivity contribution is 6.34. The molecule has 1 aliphatic heterocycles. The Morgan fingerprint density at radius 2 is 1.40 bits per heavy atom. The first kappa shape index (κ1) is 19.4. The number of carbonyl (C=O) groups excluding carboxylic acids is 3. The van der Waals surface area contributed by atoms with Crippen molar-refractivity contribution in [1.82, 2.24) is 0 Å². The number of imide groups is 1. The summed E-state index contributed by atoms with van der Waals surface area (Å²) in [5.74, 6) is -0.800. The fourth-order valence-corrected chi connectivity index (χ4v) is 3.42. The highest BCUT2D eigenvalue weighted by Gasteiger charge is 2.36. The highest BCUT2D eigenvalue weighted by atomic mass is 16.2. The lowest BCUT2D eigenvalue weighted by Gasteiger charge is -2.14. The molecule has 1 heterocycles. The van der Waals surface area contributed by atoms with Gasteiger partial charge in [-0.2, -0.15) is 0 Å². The third kappa shape index (κ3) is 3.67. The van der Waals surface area contributed by atoms with E-state index in [2.05, 4.69) is 5.32 Å². The van der Waals surface area contributed by atoms with Crippen LogP contribution in [0.15, 0.2) is 72.8 Å². The number of hydrogen-bond donors (Lipinski definition) is 1. The zero-order valence-electron chi connectivity index (χ0n) is 16.8. The van der Waals surface area contributed by atoms with Gasteiger partial charge in [-0.15, -0.1) is 0 Å². The maximum atomic E-state index is 12.6. The first-order chi connectivity index (χ1) is 14.4. The molecule has 0 aliphatic carbocycles. The average molecular weight is 399 g/mol. The van der Waals surface area contributed by atoms with E-state index in [4.69, 9.17) is 0 Å². The van der Waals surface area contributed by atoms with Crippen molar-refractivity contribution < 1.29 is 14.4 Å². The number of fused-ring (bicyclic) bond motifs is 1. The van der Waals surface area contributed by atoms with E-state index in [0.717, 1.165) is 16.9 Å². The summed E-state index contributed by atoms with van der Waals surface area (Å²) in [4.78, 5) is 40.7. The van der Waals surface area contributed by atoms with E-state index in [1.54, 1.807) is 48.5 Å². The van der Waals surface area contributed by atoms with Gasteiger partial charge >= 0.3 is 0 Å². The molecular weight excluding hydrogens is 378 g/mol. The number of hydrogen-bond acceptors (Lipinski definition) is 4. The van der Waals surface area contributed by atoms with Gasteiger partial charge in [0.25, 0.3) is 11.8 Å². The summed E-state index contributed by atoms with van der Waals surface area (Å²) in [6, 6.07) is 21.3. The normalized spacial score (nSPS) is 12.7. The Morgan fingerprint density at radius 3 is 1.93 bits per heavy atom. The SMILES string of the molecule is CN(C)c1ccc(NC(=O)Cc2ccc(N3C(=O)c4ccccc4C3=O)cc2)cc1. The zero-order chi connectivity index (χ0) is 21.3. The Kier molecular flexibility index (Phi) is 5.06. The Hall–Kier alpha value is -3.93. The van der Waals surface area contributed by atoms with Crippen LogP contribution in [0.2, 0.25) is 0 Å². The third-order valence-electron chi connectivity index (χ3n) is 5.02. The van der Waals surface area contributed by atoms with Gasteiger partial charge < -0.3 is 10.2 Å². The van der Waals surface area contributed by atoms with Crippen LogP contribution in [0.25, 0.3) is 0 Å². The Bertz CT molecular complexity index is 1080. The number of nitrogens with zero attached hydrogens (tertiary/aromatic N) is 2. The van der Waals surface area contributed by atoms with Crippen molar-refractivity contribution in [3.05, 3.63) is 89.5 Å². The summed E-state index contributed by atoms with van der Waals surface area (Å²) >= 11 is 0. The van der Waals surface area contributed by atoms with Crippen LogP contribution in [0, 0.1) is 0 Å². The van der Waals surface area contributed by atoms with Crippen molar-refractivity contribution in [2.24, 2.45) is 0 Å². The van der Waals surface area contributed by atoms with Crippen molar-refractivity contribution in [3.8, 4) is 0 Å². The molecule has 4 rings (SSSR count). The van der Waals surface area contributed by atoms with Gasteiger partial charge in [0.15, 0.2) is 0 Å². The molecule has 3 aromatic carbocycles. The first-order valence-corrected chi connectivity index (χ1v) is 9.58. The van der Waals surface area contributed by atoms with Crippen LogP contribution in [-0.2, 0) is 11.2 Å². The summed E-state index contributed by atoms with van der Waals surface area (Å²) in [5, 5.41) is 2.88. The standard InChI is InChI=1S/C24H21N3O3/c1-26(2)18-13-9-17(10-14-18)25-22(28)15-16-7-11-19(12-8-16)27-23(29)20-5-3-4-6-21(20)24(27)30/h3-14H,15H2,1-2H3,(H,25,28). The highest BCUT2D eigenvalue weighted by Crippen LogP contribution is 2.28. The van der Waals surface area contributed by atoms with Crippen LogP contribution in [0.4, 0.5) is 17.1 Å². The fraction of sp³-hybridized carbons (Fsp3) is 0.125. The van der Waals surface area contributed by atoms with Crippen LogP contribution in [-0.4, -0.2) is 31.8 Å². The number of anilines is 3. The largest absolute Gasteiger partial charge is 0.378 e. The molecule has 0 radical (unpaired) electrons. The third-order valence-corrected chi connectivity index (χ3v) is 5.02. The molecule has 0 saturated carbocycles.